The van der Waals surface area contributed by atoms with Crippen molar-refractivity contribution in [2.75, 3.05) is 4.90 Å². The fraction of sp³-hybridized carbons (Fsp3) is 0.0732. The van der Waals surface area contributed by atoms with E-state index in [-0.39, 0.29) is 5.41 Å². The number of rotatable bonds is 3. The molecule has 0 bridgehead atoms. The molecule has 3 heterocycles. The third kappa shape index (κ3) is 3.44. The second-order valence-corrected chi connectivity index (χ2v) is 12.3. The zero-order valence-corrected chi connectivity index (χ0v) is 24.8. The molecule has 0 atom stereocenters. The molecular weight excluding hydrogens is 534 g/mol. The third-order valence-electron chi connectivity index (χ3n) is 9.54. The van der Waals surface area contributed by atoms with Crippen LogP contribution in [0.1, 0.15) is 25.0 Å². The van der Waals surface area contributed by atoms with Crippen LogP contribution in [-0.2, 0) is 5.41 Å². The molecule has 0 unspecified atom stereocenters. The van der Waals surface area contributed by atoms with Crippen LogP contribution in [0, 0.1) is 0 Å². The molecule has 6 aromatic carbocycles. The zero-order chi connectivity index (χ0) is 29.4. The second-order valence-electron chi connectivity index (χ2n) is 12.3. The fourth-order valence-electron chi connectivity index (χ4n) is 7.46. The molecule has 3 nitrogen and oxygen atoms in total. The van der Waals surface area contributed by atoms with Crippen molar-refractivity contribution in [3.8, 4) is 11.4 Å². The lowest BCUT2D eigenvalue weighted by molar-refractivity contribution is 0.632. The van der Waals surface area contributed by atoms with E-state index in [1.54, 1.807) is 0 Å². The van der Waals surface area contributed by atoms with Gasteiger partial charge in [-0.3, -0.25) is 0 Å². The Balaban J connectivity index is 1.20. The molecule has 1 aliphatic heterocycles. The molecule has 9 rings (SSSR count). The van der Waals surface area contributed by atoms with Crippen molar-refractivity contribution in [3.63, 3.8) is 0 Å². The van der Waals surface area contributed by atoms with E-state index in [4.69, 9.17) is 0 Å². The molecule has 0 fully saturated rings. The van der Waals surface area contributed by atoms with Crippen LogP contribution in [0.3, 0.4) is 0 Å². The van der Waals surface area contributed by atoms with Gasteiger partial charge in [-0.15, -0.1) is 0 Å². The van der Waals surface area contributed by atoms with Crippen molar-refractivity contribution >= 4 is 49.8 Å². The maximum atomic E-state index is 2.41. The first-order valence-electron chi connectivity index (χ1n) is 15.3. The highest BCUT2D eigenvalue weighted by Crippen LogP contribution is 2.51. The van der Waals surface area contributed by atoms with Crippen LogP contribution in [0.25, 0.3) is 44.1 Å². The Morgan fingerprint density at radius 3 is 1.77 bits per heavy atom. The first kappa shape index (κ1) is 25.0. The number of hydrogen-bond acceptors (Lipinski definition) is 1. The van der Waals surface area contributed by atoms with Crippen LogP contribution in [0.2, 0.25) is 0 Å². The molecule has 44 heavy (non-hydrogen) atoms. The highest BCUT2D eigenvalue weighted by molar-refractivity contribution is 6.18. The molecule has 210 valence electrons. The molecular formula is C41H31N3. The van der Waals surface area contributed by atoms with Crippen LogP contribution in [0.5, 0.6) is 0 Å². The summed E-state index contributed by atoms with van der Waals surface area (Å²) in [7, 11) is 0. The first-order valence-corrected chi connectivity index (χ1v) is 15.3. The second kappa shape index (κ2) is 9.23. The molecule has 0 saturated carbocycles. The van der Waals surface area contributed by atoms with E-state index < -0.39 is 0 Å². The van der Waals surface area contributed by atoms with Gasteiger partial charge in [-0.2, -0.15) is 0 Å². The normalized spacial score (nSPS) is 13.8. The Labute approximate surface area is 256 Å². The molecule has 0 N–H and O–H groups in total. The maximum Gasteiger partial charge on any atom is 0.0635 e. The van der Waals surface area contributed by atoms with Gasteiger partial charge in [0.2, 0.25) is 0 Å². The molecule has 0 amide bonds. The lowest BCUT2D eigenvalue weighted by Gasteiger charge is -2.42. The highest BCUT2D eigenvalue weighted by Gasteiger charge is 2.36. The van der Waals surface area contributed by atoms with Crippen LogP contribution < -0.4 is 4.90 Å². The van der Waals surface area contributed by atoms with E-state index >= 15 is 0 Å². The number of benzene rings is 6. The number of fused-ring (bicyclic) bond motifs is 7. The molecule has 0 spiro atoms. The van der Waals surface area contributed by atoms with Gasteiger partial charge in [-0.1, -0.05) is 92.7 Å². The predicted molar refractivity (Wildman–Crippen MR) is 184 cm³/mol. The Kier molecular flexibility index (Phi) is 5.24. The Hall–Kier alpha value is -5.54. The van der Waals surface area contributed by atoms with Gasteiger partial charge in [0.25, 0.3) is 0 Å². The van der Waals surface area contributed by atoms with E-state index in [1.807, 2.05) is 0 Å². The summed E-state index contributed by atoms with van der Waals surface area (Å²) >= 11 is 0. The zero-order valence-electron chi connectivity index (χ0n) is 24.8. The third-order valence-corrected chi connectivity index (χ3v) is 9.54. The topological polar surface area (TPSA) is 13.1 Å². The minimum Gasteiger partial charge on any atom is -0.316 e. The van der Waals surface area contributed by atoms with Gasteiger partial charge in [-0.25, -0.2) is 0 Å². The summed E-state index contributed by atoms with van der Waals surface area (Å²) in [5.41, 5.74) is 12.2. The van der Waals surface area contributed by atoms with Crippen molar-refractivity contribution in [2.45, 2.75) is 19.3 Å². The summed E-state index contributed by atoms with van der Waals surface area (Å²) in [6.45, 7) is 4.66. The van der Waals surface area contributed by atoms with E-state index in [1.165, 1.54) is 60.9 Å². The fourth-order valence-corrected chi connectivity index (χ4v) is 7.46. The minimum absolute atomic E-state index is 0.0682. The molecule has 3 heteroatoms. The first-order chi connectivity index (χ1) is 21.6. The number of hydrogen-bond donors (Lipinski definition) is 0. The summed E-state index contributed by atoms with van der Waals surface area (Å²) in [6, 6.07) is 52.9. The van der Waals surface area contributed by atoms with Gasteiger partial charge in [0.05, 0.1) is 27.9 Å². The van der Waals surface area contributed by atoms with Crippen molar-refractivity contribution in [1.82, 2.24) is 9.13 Å². The smallest absolute Gasteiger partial charge is 0.0635 e. The summed E-state index contributed by atoms with van der Waals surface area (Å²) in [6.07, 6.45) is 2.21. The lowest BCUT2D eigenvalue weighted by Crippen LogP contribution is -2.30. The largest absolute Gasteiger partial charge is 0.316 e. The number of para-hydroxylation sites is 4. The number of aromatic nitrogens is 2. The Bertz CT molecular complexity index is 2300. The van der Waals surface area contributed by atoms with Crippen molar-refractivity contribution < 1.29 is 0 Å². The van der Waals surface area contributed by atoms with Crippen LogP contribution in [-0.4, -0.2) is 9.13 Å². The van der Waals surface area contributed by atoms with Crippen molar-refractivity contribution in [1.29, 1.82) is 0 Å². The van der Waals surface area contributed by atoms with Gasteiger partial charge in [0.1, 0.15) is 0 Å². The summed E-state index contributed by atoms with van der Waals surface area (Å²) < 4.78 is 4.72. The van der Waals surface area contributed by atoms with Gasteiger partial charge in [0.15, 0.2) is 0 Å². The quantitative estimate of drug-likeness (QED) is 0.208. The predicted octanol–water partition coefficient (Wildman–Crippen LogP) is 10.8. The average Bonchev–Trinajstić information content (AvgIpc) is 3.65. The SMILES string of the molecule is CC1(C)c2ccccc2N(c2ccc(-n3ccc4c3ccc3c5ccccc5n(-c5ccccc5)c34)cc2)c2ccccc21. The monoisotopic (exact) mass is 565 g/mol. The van der Waals surface area contributed by atoms with Gasteiger partial charge in [-0.05, 0) is 77.9 Å². The lowest BCUT2D eigenvalue weighted by atomic mass is 9.73. The Morgan fingerprint density at radius 1 is 0.432 bits per heavy atom. The van der Waals surface area contributed by atoms with E-state index in [9.17, 15) is 0 Å². The minimum atomic E-state index is -0.0682. The van der Waals surface area contributed by atoms with E-state index in [0.717, 1.165) is 11.4 Å². The molecule has 0 radical (unpaired) electrons. The van der Waals surface area contributed by atoms with Crippen molar-refractivity contribution in [2.24, 2.45) is 0 Å². The maximum absolute atomic E-state index is 2.41. The Morgan fingerprint density at radius 2 is 1.05 bits per heavy atom. The summed E-state index contributed by atoms with van der Waals surface area (Å²) in [5, 5.41) is 3.79. The van der Waals surface area contributed by atoms with Gasteiger partial charge < -0.3 is 14.0 Å². The average molecular weight is 566 g/mol. The molecule has 8 aromatic rings. The van der Waals surface area contributed by atoms with E-state index in [0.29, 0.717) is 0 Å². The van der Waals surface area contributed by atoms with Crippen molar-refractivity contribution in [3.05, 3.63) is 163 Å². The van der Waals surface area contributed by atoms with Gasteiger partial charge >= 0.3 is 0 Å². The van der Waals surface area contributed by atoms with Crippen LogP contribution in [0.4, 0.5) is 17.1 Å². The standard InChI is InChI=1S/C41H31N3/c1-41(2)34-15-7-10-18-38(34)43(39-19-11-8-16-35(39)41)30-22-20-28(21-23-30)42-27-26-33-36(42)25-24-32-31-14-6-9-17-37(31)44(40(32)33)29-12-4-3-5-13-29/h3-27H,1-2H3. The van der Waals surface area contributed by atoms with E-state index in [2.05, 4.69) is 180 Å². The van der Waals surface area contributed by atoms with Gasteiger partial charge in [0, 0.05) is 44.8 Å². The number of anilines is 3. The molecule has 2 aromatic heterocycles. The highest BCUT2D eigenvalue weighted by atomic mass is 15.2. The van der Waals surface area contributed by atoms with Crippen LogP contribution in [0.15, 0.2) is 152 Å². The molecule has 0 saturated heterocycles. The summed E-state index contributed by atoms with van der Waals surface area (Å²) in [5.74, 6) is 0. The van der Waals surface area contributed by atoms with Crippen LogP contribution >= 0.6 is 0 Å². The molecule has 0 aliphatic carbocycles. The number of nitrogens with zero attached hydrogens (tertiary/aromatic N) is 3. The summed E-state index contributed by atoms with van der Waals surface area (Å²) in [4.78, 5) is 2.41. The molecule has 1 aliphatic rings.